The number of hydrogen-bond acceptors (Lipinski definition) is 2. The molecule has 0 saturated carbocycles. The van der Waals surface area contributed by atoms with Gasteiger partial charge in [-0.25, -0.2) is 0 Å². The zero-order valence-corrected chi connectivity index (χ0v) is 13.1. The minimum Gasteiger partial charge on any atom is -0.356 e. The normalized spacial score (nSPS) is 18.1. The molecule has 0 spiro atoms. The maximum absolute atomic E-state index is 11.7. The third-order valence-electron chi connectivity index (χ3n) is 3.82. The zero-order valence-electron chi connectivity index (χ0n) is 13.1. The average molecular weight is 268 g/mol. The van der Waals surface area contributed by atoms with Crippen molar-refractivity contribution in [3.8, 4) is 0 Å². The summed E-state index contributed by atoms with van der Waals surface area (Å²) in [5, 5.41) is 3.02. The Morgan fingerprint density at radius 1 is 1.00 bits per heavy atom. The quantitative estimate of drug-likeness (QED) is 0.750. The van der Waals surface area contributed by atoms with Gasteiger partial charge in [0, 0.05) is 12.0 Å². The van der Waals surface area contributed by atoms with Gasteiger partial charge in [0.05, 0.1) is 0 Å². The van der Waals surface area contributed by atoms with Crippen LogP contribution < -0.4 is 5.32 Å². The molecule has 1 amide bonds. The molecule has 0 bridgehead atoms. The lowest BCUT2D eigenvalue weighted by atomic mass is 9.96. The van der Waals surface area contributed by atoms with E-state index in [1.807, 2.05) is 20.8 Å². The summed E-state index contributed by atoms with van der Waals surface area (Å²) in [5.41, 5.74) is -0.258. The van der Waals surface area contributed by atoms with Gasteiger partial charge in [-0.05, 0) is 45.3 Å². The SMILES string of the molecule is CC(C)(C)C(=O)NCCCCCN1CCCCCC1. The number of carbonyl (C=O) groups is 1. The first-order valence-corrected chi connectivity index (χ1v) is 8.01. The molecule has 1 saturated heterocycles. The largest absolute Gasteiger partial charge is 0.356 e. The van der Waals surface area contributed by atoms with E-state index in [1.54, 1.807) is 0 Å². The molecule has 1 fully saturated rings. The van der Waals surface area contributed by atoms with Gasteiger partial charge in [0.2, 0.25) is 5.91 Å². The van der Waals surface area contributed by atoms with E-state index in [-0.39, 0.29) is 11.3 Å². The molecular weight excluding hydrogens is 236 g/mol. The fraction of sp³-hybridized carbons (Fsp3) is 0.938. The smallest absolute Gasteiger partial charge is 0.225 e. The molecule has 1 aliphatic rings. The van der Waals surface area contributed by atoms with E-state index in [4.69, 9.17) is 0 Å². The number of rotatable bonds is 6. The van der Waals surface area contributed by atoms with Gasteiger partial charge >= 0.3 is 0 Å². The summed E-state index contributed by atoms with van der Waals surface area (Å²) >= 11 is 0. The lowest BCUT2D eigenvalue weighted by Crippen LogP contribution is -2.35. The van der Waals surface area contributed by atoms with Gasteiger partial charge in [-0.3, -0.25) is 4.79 Å². The van der Waals surface area contributed by atoms with Crippen molar-refractivity contribution in [1.82, 2.24) is 10.2 Å². The van der Waals surface area contributed by atoms with E-state index < -0.39 is 0 Å². The summed E-state index contributed by atoms with van der Waals surface area (Å²) in [7, 11) is 0. The minimum atomic E-state index is -0.258. The van der Waals surface area contributed by atoms with Gasteiger partial charge in [0.1, 0.15) is 0 Å². The first kappa shape index (κ1) is 16.5. The second-order valence-electron chi connectivity index (χ2n) is 6.82. The summed E-state index contributed by atoms with van der Waals surface area (Å²) in [6, 6.07) is 0. The van der Waals surface area contributed by atoms with Crippen molar-refractivity contribution in [3.05, 3.63) is 0 Å². The molecule has 3 heteroatoms. The predicted octanol–water partition coefficient (Wildman–Crippen LogP) is 3.20. The summed E-state index contributed by atoms with van der Waals surface area (Å²) in [6.45, 7) is 10.5. The van der Waals surface area contributed by atoms with Crippen LogP contribution in [0.1, 0.15) is 65.7 Å². The molecule has 0 aromatic heterocycles. The van der Waals surface area contributed by atoms with Crippen molar-refractivity contribution in [1.29, 1.82) is 0 Å². The molecule has 1 N–H and O–H groups in total. The molecule has 1 aliphatic heterocycles. The first-order chi connectivity index (χ1) is 9.00. The van der Waals surface area contributed by atoms with Crippen LogP contribution in [0.15, 0.2) is 0 Å². The molecule has 0 aliphatic carbocycles. The van der Waals surface area contributed by atoms with Crippen molar-refractivity contribution in [2.24, 2.45) is 5.41 Å². The summed E-state index contributed by atoms with van der Waals surface area (Å²) in [6.07, 6.45) is 9.18. The Morgan fingerprint density at radius 2 is 1.63 bits per heavy atom. The molecule has 1 rings (SSSR count). The van der Waals surface area contributed by atoms with Crippen LogP contribution in [0, 0.1) is 5.41 Å². The Kier molecular flexibility index (Phi) is 7.44. The van der Waals surface area contributed by atoms with Crippen LogP contribution >= 0.6 is 0 Å². The molecule has 0 atom stereocenters. The second kappa shape index (κ2) is 8.57. The standard InChI is InChI=1S/C16H32N2O/c1-16(2,3)15(19)17-11-7-6-10-14-18-12-8-4-5-9-13-18/h4-14H2,1-3H3,(H,17,19). The van der Waals surface area contributed by atoms with E-state index in [0.29, 0.717) is 0 Å². The fourth-order valence-corrected chi connectivity index (χ4v) is 2.46. The van der Waals surface area contributed by atoms with Crippen molar-refractivity contribution >= 4 is 5.91 Å². The third kappa shape index (κ3) is 7.56. The first-order valence-electron chi connectivity index (χ1n) is 8.01. The topological polar surface area (TPSA) is 32.3 Å². The second-order valence-corrected chi connectivity index (χ2v) is 6.82. The number of carbonyl (C=O) groups excluding carboxylic acids is 1. The molecule has 0 radical (unpaired) electrons. The van der Waals surface area contributed by atoms with Gasteiger partial charge in [0.15, 0.2) is 0 Å². The Bertz CT molecular complexity index is 250. The number of unbranched alkanes of at least 4 members (excludes halogenated alkanes) is 2. The van der Waals surface area contributed by atoms with Crippen LogP contribution in [0.2, 0.25) is 0 Å². The molecule has 0 unspecified atom stereocenters. The number of amides is 1. The van der Waals surface area contributed by atoms with Gasteiger partial charge in [-0.2, -0.15) is 0 Å². The Hall–Kier alpha value is -0.570. The zero-order chi connectivity index (χ0) is 14.1. The van der Waals surface area contributed by atoms with E-state index in [0.717, 1.165) is 13.0 Å². The van der Waals surface area contributed by atoms with Gasteiger partial charge in [-0.15, -0.1) is 0 Å². The van der Waals surface area contributed by atoms with Crippen LogP contribution in [0.25, 0.3) is 0 Å². The lowest BCUT2D eigenvalue weighted by molar-refractivity contribution is -0.128. The maximum atomic E-state index is 11.7. The Balaban J connectivity index is 1.97. The Morgan fingerprint density at radius 3 is 2.21 bits per heavy atom. The summed E-state index contributed by atoms with van der Waals surface area (Å²) in [4.78, 5) is 14.3. The van der Waals surface area contributed by atoms with Crippen LogP contribution in [0.5, 0.6) is 0 Å². The fourth-order valence-electron chi connectivity index (χ4n) is 2.46. The molecule has 1 heterocycles. The van der Waals surface area contributed by atoms with Crippen LogP contribution in [-0.4, -0.2) is 37.0 Å². The number of likely N-dealkylation sites (tertiary alicyclic amines) is 1. The molecule has 0 aromatic carbocycles. The van der Waals surface area contributed by atoms with Gasteiger partial charge in [0.25, 0.3) is 0 Å². The van der Waals surface area contributed by atoms with E-state index >= 15 is 0 Å². The molecule has 112 valence electrons. The minimum absolute atomic E-state index is 0.167. The van der Waals surface area contributed by atoms with Crippen molar-refractivity contribution in [2.45, 2.75) is 65.7 Å². The van der Waals surface area contributed by atoms with E-state index in [9.17, 15) is 4.79 Å². The summed E-state index contributed by atoms with van der Waals surface area (Å²) < 4.78 is 0. The maximum Gasteiger partial charge on any atom is 0.225 e. The van der Waals surface area contributed by atoms with Crippen LogP contribution in [0.3, 0.4) is 0 Å². The van der Waals surface area contributed by atoms with E-state index in [2.05, 4.69) is 10.2 Å². The van der Waals surface area contributed by atoms with Crippen molar-refractivity contribution in [3.63, 3.8) is 0 Å². The predicted molar refractivity (Wildman–Crippen MR) is 81.2 cm³/mol. The third-order valence-corrected chi connectivity index (χ3v) is 3.82. The van der Waals surface area contributed by atoms with Gasteiger partial charge in [-0.1, -0.05) is 40.0 Å². The van der Waals surface area contributed by atoms with Crippen LogP contribution in [0.4, 0.5) is 0 Å². The highest BCUT2D eigenvalue weighted by molar-refractivity contribution is 5.81. The Labute approximate surface area is 119 Å². The van der Waals surface area contributed by atoms with Crippen LogP contribution in [-0.2, 0) is 4.79 Å². The van der Waals surface area contributed by atoms with Gasteiger partial charge < -0.3 is 10.2 Å². The lowest BCUT2D eigenvalue weighted by Gasteiger charge is -2.20. The summed E-state index contributed by atoms with van der Waals surface area (Å²) in [5.74, 6) is 0.167. The van der Waals surface area contributed by atoms with Crippen molar-refractivity contribution < 1.29 is 4.79 Å². The molecule has 19 heavy (non-hydrogen) atoms. The number of nitrogens with zero attached hydrogens (tertiary/aromatic N) is 1. The van der Waals surface area contributed by atoms with E-state index in [1.165, 1.54) is 58.2 Å². The number of hydrogen-bond donors (Lipinski definition) is 1. The molecule has 0 aromatic rings. The molecular formula is C16H32N2O. The van der Waals surface area contributed by atoms with Crippen molar-refractivity contribution in [2.75, 3.05) is 26.2 Å². The molecule has 3 nitrogen and oxygen atoms in total. The number of nitrogens with one attached hydrogen (secondary N) is 1. The highest BCUT2D eigenvalue weighted by atomic mass is 16.2. The monoisotopic (exact) mass is 268 g/mol. The highest BCUT2D eigenvalue weighted by Gasteiger charge is 2.20. The highest BCUT2D eigenvalue weighted by Crippen LogP contribution is 2.13. The average Bonchev–Trinajstić information content (AvgIpc) is 2.60.